The van der Waals surface area contributed by atoms with Crippen LogP contribution in [-0.2, 0) is 4.74 Å². The van der Waals surface area contributed by atoms with E-state index in [0.717, 1.165) is 12.0 Å². The zero-order valence-electron chi connectivity index (χ0n) is 7.50. The van der Waals surface area contributed by atoms with Gasteiger partial charge in [0.25, 0.3) is 0 Å². The molecule has 0 aromatic heterocycles. The number of amides is 1. The average molecular weight is 303 g/mol. The van der Waals surface area contributed by atoms with Crippen molar-refractivity contribution in [3.63, 3.8) is 0 Å². The van der Waals surface area contributed by atoms with Gasteiger partial charge in [0.05, 0.1) is 12.6 Å². The highest BCUT2D eigenvalue weighted by atomic mass is 127. The number of rotatable bonds is 1. The first kappa shape index (κ1) is 9.76. The predicted octanol–water partition coefficient (Wildman–Crippen LogP) is 2.46. The van der Waals surface area contributed by atoms with Gasteiger partial charge in [-0.2, -0.15) is 0 Å². The second-order valence-corrected chi connectivity index (χ2v) is 4.42. The molecule has 74 valence electrons. The Balaban J connectivity index is 2.17. The number of halogens is 1. The van der Waals surface area contributed by atoms with E-state index in [1.165, 1.54) is 3.57 Å². The number of hydrogen-bond donors (Lipinski definition) is 1. The zero-order chi connectivity index (χ0) is 9.97. The summed E-state index contributed by atoms with van der Waals surface area (Å²) in [4.78, 5) is 11.0. The minimum atomic E-state index is -0.319. The standard InChI is InChI=1S/C10H10INO2/c11-8-3-1-2-7(6-8)9-4-5-14-10(13)12-9/h1-3,6,9H,4-5H2,(H,12,13)/t9-/m1/s1. The van der Waals surface area contributed by atoms with E-state index in [9.17, 15) is 4.79 Å². The van der Waals surface area contributed by atoms with Crippen LogP contribution in [0.4, 0.5) is 4.79 Å². The Hall–Kier alpha value is -0.780. The lowest BCUT2D eigenvalue weighted by atomic mass is 10.0. The summed E-state index contributed by atoms with van der Waals surface area (Å²) in [7, 11) is 0. The largest absolute Gasteiger partial charge is 0.449 e. The van der Waals surface area contributed by atoms with E-state index in [4.69, 9.17) is 4.74 Å². The average Bonchev–Trinajstić information content (AvgIpc) is 2.18. The van der Waals surface area contributed by atoms with Crippen molar-refractivity contribution >= 4 is 28.7 Å². The van der Waals surface area contributed by atoms with Gasteiger partial charge in [-0.15, -0.1) is 0 Å². The fourth-order valence-corrected chi connectivity index (χ4v) is 2.07. The maximum atomic E-state index is 11.0. The van der Waals surface area contributed by atoms with E-state index >= 15 is 0 Å². The second-order valence-electron chi connectivity index (χ2n) is 3.18. The van der Waals surface area contributed by atoms with E-state index in [-0.39, 0.29) is 12.1 Å². The number of nitrogens with one attached hydrogen (secondary N) is 1. The Morgan fingerprint density at radius 2 is 2.36 bits per heavy atom. The molecule has 1 saturated heterocycles. The van der Waals surface area contributed by atoms with Crippen molar-refractivity contribution in [2.75, 3.05) is 6.61 Å². The molecule has 1 N–H and O–H groups in total. The summed E-state index contributed by atoms with van der Waals surface area (Å²) in [6.07, 6.45) is 0.520. The van der Waals surface area contributed by atoms with Gasteiger partial charge in [0, 0.05) is 9.99 Å². The summed E-state index contributed by atoms with van der Waals surface area (Å²) in [6, 6.07) is 8.24. The summed E-state index contributed by atoms with van der Waals surface area (Å²) in [5, 5.41) is 2.80. The van der Waals surface area contributed by atoms with E-state index in [1.54, 1.807) is 0 Å². The van der Waals surface area contributed by atoms with Crippen molar-refractivity contribution in [2.45, 2.75) is 12.5 Å². The Kier molecular flexibility index (Phi) is 2.90. The molecule has 0 saturated carbocycles. The smallest absolute Gasteiger partial charge is 0.407 e. The Morgan fingerprint density at radius 1 is 1.50 bits per heavy atom. The van der Waals surface area contributed by atoms with Crippen LogP contribution in [0, 0.1) is 3.57 Å². The minimum absolute atomic E-state index is 0.103. The summed E-state index contributed by atoms with van der Waals surface area (Å²) < 4.78 is 5.99. The fourth-order valence-electron chi connectivity index (χ4n) is 1.50. The molecule has 1 fully saturated rings. The number of alkyl carbamates (subject to hydrolysis) is 1. The molecule has 0 bridgehead atoms. The van der Waals surface area contributed by atoms with Gasteiger partial charge in [0.1, 0.15) is 0 Å². The summed E-state index contributed by atoms with van der Waals surface area (Å²) in [5.41, 5.74) is 1.15. The Labute approximate surface area is 96.0 Å². The number of carbonyl (C=O) groups is 1. The molecule has 1 aliphatic rings. The van der Waals surface area contributed by atoms with Crippen molar-refractivity contribution in [2.24, 2.45) is 0 Å². The third-order valence-corrected chi connectivity index (χ3v) is 2.85. The van der Waals surface area contributed by atoms with Crippen LogP contribution in [0.5, 0.6) is 0 Å². The van der Waals surface area contributed by atoms with Crippen molar-refractivity contribution in [3.05, 3.63) is 33.4 Å². The Bertz CT molecular complexity index is 354. The molecule has 1 aliphatic heterocycles. The van der Waals surface area contributed by atoms with Gasteiger partial charge in [-0.25, -0.2) is 4.79 Å². The number of hydrogen-bond acceptors (Lipinski definition) is 2. The third kappa shape index (κ3) is 2.17. The van der Waals surface area contributed by atoms with Crippen LogP contribution in [0.2, 0.25) is 0 Å². The van der Waals surface area contributed by atoms with Crippen molar-refractivity contribution in [1.82, 2.24) is 5.32 Å². The van der Waals surface area contributed by atoms with Crippen LogP contribution in [0.25, 0.3) is 0 Å². The van der Waals surface area contributed by atoms with Gasteiger partial charge < -0.3 is 10.1 Å². The highest BCUT2D eigenvalue weighted by Gasteiger charge is 2.20. The van der Waals surface area contributed by atoms with Crippen molar-refractivity contribution in [3.8, 4) is 0 Å². The van der Waals surface area contributed by atoms with Crippen molar-refractivity contribution in [1.29, 1.82) is 0 Å². The van der Waals surface area contributed by atoms with Gasteiger partial charge in [0.15, 0.2) is 0 Å². The first-order valence-electron chi connectivity index (χ1n) is 4.44. The molecule has 4 heteroatoms. The molecule has 14 heavy (non-hydrogen) atoms. The summed E-state index contributed by atoms with van der Waals surface area (Å²) in [5.74, 6) is 0. The predicted molar refractivity (Wildman–Crippen MR) is 61.0 cm³/mol. The Morgan fingerprint density at radius 3 is 3.07 bits per heavy atom. The number of ether oxygens (including phenoxy) is 1. The zero-order valence-corrected chi connectivity index (χ0v) is 9.65. The number of cyclic esters (lactones) is 1. The molecule has 0 aliphatic carbocycles. The van der Waals surface area contributed by atoms with Gasteiger partial charge in [-0.1, -0.05) is 12.1 Å². The molecule has 1 atom stereocenters. The SMILES string of the molecule is O=C1N[C@@H](c2cccc(I)c2)CCO1. The molecule has 0 radical (unpaired) electrons. The van der Waals surface area contributed by atoms with Crippen LogP contribution < -0.4 is 5.32 Å². The number of carbonyl (C=O) groups excluding carboxylic acids is 1. The second kappa shape index (κ2) is 4.16. The molecule has 3 nitrogen and oxygen atoms in total. The van der Waals surface area contributed by atoms with Crippen LogP contribution in [0.15, 0.2) is 24.3 Å². The topological polar surface area (TPSA) is 38.3 Å². The molecule has 0 spiro atoms. The van der Waals surface area contributed by atoms with E-state index < -0.39 is 0 Å². The molecular weight excluding hydrogens is 293 g/mol. The maximum Gasteiger partial charge on any atom is 0.407 e. The van der Waals surface area contributed by atoms with E-state index in [0.29, 0.717) is 6.61 Å². The summed E-state index contributed by atoms with van der Waals surface area (Å²) in [6.45, 7) is 0.502. The first-order chi connectivity index (χ1) is 6.75. The normalized spacial score (nSPS) is 21.2. The minimum Gasteiger partial charge on any atom is -0.449 e. The molecule has 1 aromatic rings. The molecule has 1 aromatic carbocycles. The molecule has 1 heterocycles. The molecular formula is C10H10INO2. The van der Waals surface area contributed by atoms with Gasteiger partial charge in [-0.3, -0.25) is 0 Å². The maximum absolute atomic E-state index is 11.0. The first-order valence-corrected chi connectivity index (χ1v) is 5.52. The van der Waals surface area contributed by atoms with Crippen molar-refractivity contribution < 1.29 is 9.53 Å². The van der Waals surface area contributed by atoms with Crippen LogP contribution in [0.3, 0.4) is 0 Å². The molecule has 0 unspecified atom stereocenters. The number of benzene rings is 1. The molecule has 1 amide bonds. The van der Waals surface area contributed by atoms with E-state index in [2.05, 4.69) is 34.0 Å². The summed E-state index contributed by atoms with van der Waals surface area (Å²) >= 11 is 2.26. The lowest BCUT2D eigenvalue weighted by Crippen LogP contribution is -2.35. The van der Waals surface area contributed by atoms with Crippen LogP contribution in [-0.4, -0.2) is 12.7 Å². The van der Waals surface area contributed by atoms with E-state index in [1.807, 2.05) is 18.2 Å². The highest BCUT2D eigenvalue weighted by Crippen LogP contribution is 2.21. The quantitative estimate of drug-likeness (QED) is 0.809. The van der Waals surface area contributed by atoms with Gasteiger partial charge in [-0.05, 0) is 40.3 Å². The highest BCUT2D eigenvalue weighted by molar-refractivity contribution is 14.1. The van der Waals surface area contributed by atoms with Gasteiger partial charge >= 0.3 is 6.09 Å². The van der Waals surface area contributed by atoms with Crippen LogP contribution >= 0.6 is 22.6 Å². The third-order valence-electron chi connectivity index (χ3n) is 2.18. The van der Waals surface area contributed by atoms with Crippen LogP contribution in [0.1, 0.15) is 18.0 Å². The van der Waals surface area contributed by atoms with Gasteiger partial charge in [0.2, 0.25) is 0 Å². The monoisotopic (exact) mass is 303 g/mol. The lowest BCUT2D eigenvalue weighted by molar-refractivity contribution is 0.115. The lowest BCUT2D eigenvalue weighted by Gasteiger charge is -2.23. The molecule has 2 rings (SSSR count). The fraction of sp³-hybridized carbons (Fsp3) is 0.300.